The molecule has 0 bridgehead atoms. The molecule has 0 aliphatic heterocycles. The van der Waals surface area contributed by atoms with Crippen LogP contribution in [0.25, 0.3) is 10.9 Å². The first-order valence-corrected chi connectivity index (χ1v) is 4.30. The number of halogens is 1. The van der Waals surface area contributed by atoms with E-state index in [0.29, 0.717) is 6.54 Å². The minimum absolute atomic E-state index is 0. The lowest BCUT2D eigenvalue weighted by Crippen LogP contribution is -2.01. The summed E-state index contributed by atoms with van der Waals surface area (Å²) in [5, 5.41) is 10.4. The highest BCUT2D eigenvalue weighted by Crippen LogP contribution is 2.22. The number of aromatic amines is 1. The predicted molar refractivity (Wildman–Crippen MR) is 60.0 cm³/mol. The molecule has 0 fully saturated rings. The molecule has 0 atom stereocenters. The Hall–Kier alpha value is -1.19. The van der Waals surface area contributed by atoms with Gasteiger partial charge in [0.1, 0.15) is 5.75 Å². The molecule has 1 heterocycles. The van der Waals surface area contributed by atoms with Crippen LogP contribution in [0.15, 0.2) is 24.4 Å². The number of aromatic nitrogens is 1. The Morgan fingerprint density at radius 1 is 1.36 bits per heavy atom. The molecule has 0 saturated carbocycles. The molecule has 14 heavy (non-hydrogen) atoms. The number of nitrogens with one attached hydrogen (secondary N) is 1. The maximum absolute atomic E-state index is 9.22. The lowest BCUT2D eigenvalue weighted by molar-refractivity contribution is 0.476. The van der Waals surface area contributed by atoms with Gasteiger partial charge in [0, 0.05) is 23.2 Å². The second-order valence-electron chi connectivity index (χ2n) is 3.08. The van der Waals surface area contributed by atoms with E-state index >= 15 is 0 Å². The summed E-state index contributed by atoms with van der Waals surface area (Å²) in [7, 11) is 0. The minimum atomic E-state index is 0. The fourth-order valence-corrected chi connectivity index (χ4v) is 1.54. The summed E-state index contributed by atoms with van der Waals surface area (Å²) in [5.41, 5.74) is 7.64. The number of phenolic OH excluding ortho intramolecular Hbond substituents is 1. The van der Waals surface area contributed by atoms with E-state index in [1.165, 1.54) is 5.56 Å². The van der Waals surface area contributed by atoms with Gasteiger partial charge in [0.15, 0.2) is 0 Å². The maximum atomic E-state index is 9.22. The Balaban J connectivity index is 0.000000980. The molecule has 0 spiro atoms. The van der Waals surface area contributed by atoms with Gasteiger partial charge in [-0.05, 0) is 30.7 Å². The lowest BCUT2D eigenvalue weighted by Gasteiger charge is -1.95. The van der Waals surface area contributed by atoms with Crippen LogP contribution in [0.3, 0.4) is 0 Å². The van der Waals surface area contributed by atoms with Crippen molar-refractivity contribution in [1.29, 1.82) is 0 Å². The SMILES string of the molecule is Cl.NCCc1c[nH]c2cc(O)ccc12. The zero-order valence-corrected chi connectivity index (χ0v) is 8.47. The van der Waals surface area contributed by atoms with Crippen LogP contribution in [0, 0.1) is 0 Å². The van der Waals surface area contributed by atoms with Crippen LogP contribution in [-0.2, 0) is 6.42 Å². The molecule has 0 unspecified atom stereocenters. The summed E-state index contributed by atoms with van der Waals surface area (Å²) in [4.78, 5) is 3.10. The molecule has 0 saturated heterocycles. The summed E-state index contributed by atoms with van der Waals surface area (Å²) < 4.78 is 0. The van der Waals surface area contributed by atoms with Crippen LogP contribution < -0.4 is 5.73 Å². The Morgan fingerprint density at radius 2 is 2.14 bits per heavy atom. The molecule has 0 amide bonds. The van der Waals surface area contributed by atoms with E-state index in [-0.39, 0.29) is 18.2 Å². The van der Waals surface area contributed by atoms with Gasteiger partial charge in [-0.2, -0.15) is 0 Å². The Bertz CT molecular complexity index is 425. The summed E-state index contributed by atoms with van der Waals surface area (Å²) >= 11 is 0. The first-order chi connectivity index (χ1) is 6.31. The fraction of sp³-hybridized carbons (Fsp3) is 0.200. The number of hydrogen-bond donors (Lipinski definition) is 3. The predicted octanol–water partition coefficient (Wildman–Crippen LogP) is 1.80. The van der Waals surface area contributed by atoms with Crippen LogP contribution in [0.4, 0.5) is 0 Å². The number of benzene rings is 1. The highest BCUT2D eigenvalue weighted by Gasteiger charge is 2.02. The number of nitrogens with two attached hydrogens (primary N) is 1. The summed E-state index contributed by atoms with van der Waals surface area (Å²) in [6.07, 6.45) is 2.81. The highest BCUT2D eigenvalue weighted by atomic mass is 35.5. The van der Waals surface area contributed by atoms with E-state index < -0.39 is 0 Å². The molecule has 76 valence electrons. The van der Waals surface area contributed by atoms with E-state index in [1.807, 2.05) is 12.3 Å². The van der Waals surface area contributed by atoms with Crippen LogP contribution in [0.1, 0.15) is 5.56 Å². The molecular formula is C10H13ClN2O. The molecule has 4 N–H and O–H groups in total. The van der Waals surface area contributed by atoms with Gasteiger partial charge in [-0.15, -0.1) is 12.4 Å². The highest BCUT2D eigenvalue weighted by molar-refractivity contribution is 5.85. The molecule has 1 aromatic carbocycles. The monoisotopic (exact) mass is 212 g/mol. The van der Waals surface area contributed by atoms with Crippen molar-refractivity contribution in [3.8, 4) is 5.75 Å². The van der Waals surface area contributed by atoms with Gasteiger partial charge in [-0.25, -0.2) is 0 Å². The number of rotatable bonds is 2. The van der Waals surface area contributed by atoms with Gasteiger partial charge < -0.3 is 15.8 Å². The van der Waals surface area contributed by atoms with Crippen molar-refractivity contribution in [2.45, 2.75) is 6.42 Å². The Kier molecular flexibility index (Phi) is 3.38. The molecular weight excluding hydrogens is 200 g/mol. The van der Waals surface area contributed by atoms with Crippen LogP contribution >= 0.6 is 12.4 Å². The second kappa shape index (κ2) is 4.35. The number of H-pyrrole nitrogens is 1. The summed E-state index contributed by atoms with van der Waals surface area (Å²) in [6, 6.07) is 5.32. The standard InChI is InChI=1S/C10H12N2O.ClH/c11-4-3-7-6-12-10-5-8(13)1-2-9(7)10;/h1-2,5-6,12-13H,3-4,11H2;1H. The maximum Gasteiger partial charge on any atom is 0.117 e. The Labute approximate surface area is 88.3 Å². The van der Waals surface area contributed by atoms with Crippen molar-refractivity contribution < 1.29 is 5.11 Å². The van der Waals surface area contributed by atoms with Gasteiger partial charge in [-0.1, -0.05) is 0 Å². The van der Waals surface area contributed by atoms with Crippen molar-refractivity contribution in [2.24, 2.45) is 5.73 Å². The second-order valence-corrected chi connectivity index (χ2v) is 3.08. The minimum Gasteiger partial charge on any atom is -0.508 e. The van der Waals surface area contributed by atoms with E-state index in [9.17, 15) is 5.11 Å². The van der Waals surface area contributed by atoms with Crippen molar-refractivity contribution in [3.63, 3.8) is 0 Å². The van der Waals surface area contributed by atoms with Crippen molar-refractivity contribution in [2.75, 3.05) is 6.54 Å². The zero-order valence-electron chi connectivity index (χ0n) is 7.66. The van der Waals surface area contributed by atoms with Gasteiger partial charge >= 0.3 is 0 Å². The van der Waals surface area contributed by atoms with E-state index in [2.05, 4.69) is 4.98 Å². The molecule has 1 aromatic heterocycles. The van der Waals surface area contributed by atoms with E-state index in [0.717, 1.165) is 17.3 Å². The van der Waals surface area contributed by atoms with Crippen molar-refractivity contribution in [1.82, 2.24) is 4.98 Å². The van der Waals surface area contributed by atoms with Crippen LogP contribution in [0.5, 0.6) is 5.75 Å². The molecule has 0 aliphatic rings. The van der Waals surface area contributed by atoms with Gasteiger partial charge in [-0.3, -0.25) is 0 Å². The Morgan fingerprint density at radius 3 is 2.86 bits per heavy atom. The first kappa shape index (κ1) is 10.9. The van der Waals surface area contributed by atoms with Crippen LogP contribution in [-0.4, -0.2) is 16.6 Å². The average molecular weight is 213 g/mol. The smallest absolute Gasteiger partial charge is 0.117 e. The normalized spacial score (nSPS) is 10.1. The quantitative estimate of drug-likeness (QED) is 0.711. The van der Waals surface area contributed by atoms with Gasteiger partial charge in [0.25, 0.3) is 0 Å². The number of aromatic hydroxyl groups is 1. The summed E-state index contributed by atoms with van der Waals surface area (Å²) in [5.74, 6) is 0.286. The molecule has 0 radical (unpaired) electrons. The average Bonchev–Trinajstić information content (AvgIpc) is 2.49. The van der Waals surface area contributed by atoms with Crippen molar-refractivity contribution >= 4 is 23.3 Å². The molecule has 3 nitrogen and oxygen atoms in total. The van der Waals surface area contributed by atoms with E-state index in [1.54, 1.807) is 12.1 Å². The lowest BCUT2D eigenvalue weighted by atomic mass is 10.1. The number of hydrogen-bond acceptors (Lipinski definition) is 2. The number of fused-ring (bicyclic) bond motifs is 1. The van der Waals surface area contributed by atoms with Gasteiger partial charge in [0.2, 0.25) is 0 Å². The zero-order chi connectivity index (χ0) is 9.26. The molecule has 2 aromatic rings. The van der Waals surface area contributed by atoms with Crippen molar-refractivity contribution in [3.05, 3.63) is 30.0 Å². The third kappa shape index (κ3) is 1.84. The number of phenols is 1. The third-order valence-corrected chi connectivity index (χ3v) is 2.16. The molecule has 2 rings (SSSR count). The molecule has 4 heteroatoms. The fourth-order valence-electron chi connectivity index (χ4n) is 1.54. The molecule has 0 aliphatic carbocycles. The van der Waals surface area contributed by atoms with Crippen LogP contribution in [0.2, 0.25) is 0 Å². The first-order valence-electron chi connectivity index (χ1n) is 4.30. The topological polar surface area (TPSA) is 62.0 Å². The van der Waals surface area contributed by atoms with Gasteiger partial charge in [0.05, 0.1) is 0 Å². The summed E-state index contributed by atoms with van der Waals surface area (Å²) in [6.45, 7) is 0.647. The largest absolute Gasteiger partial charge is 0.508 e. The third-order valence-electron chi connectivity index (χ3n) is 2.16. The van der Waals surface area contributed by atoms with E-state index in [4.69, 9.17) is 5.73 Å².